The van der Waals surface area contributed by atoms with Gasteiger partial charge < -0.3 is 15.6 Å². The van der Waals surface area contributed by atoms with Gasteiger partial charge in [-0.15, -0.1) is 0 Å². The second-order valence-electron chi connectivity index (χ2n) is 4.44. The second kappa shape index (κ2) is 4.44. The van der Waals surface area contributed by atoms with Gasteiger partial charge in [-0.25, -0.2) is 0 Å². The van der Waals surface area contributed by atoms with Crippen molar-refractivity contribution in [3.05, 3.63) is 29.3 Å². The Morgan fingerprint density at radius 3 is 2.33 bits per heavy atom. The van der Waals surface area contributed by atoms with Crippen LogP contribution in [0.1, 0.15) is 24.0 Å². The molecule has 0 aromatic heterocycles. The highest BCUT2D eigenvalue weighted by molar-refractivity contribution is 5.52. The van der Waals surface area contributed by atoms with Gasteiger partial charge in [0.2, 0.25) is 0 Å². The molecule has 0 spiro atoms. The summed E-state index contributed by atoms with van der Waals surface area (Å²) in [5, 5.41) is 10.4. The van der Waals surface area contributed by atoms with Gasteiger partial charge in [-0.05, 0) is 12.1 Å². The van der Waals surface area contributed by atoms with Crippen molar-refractivity contribution in [2.24, 2.45) is 0 Å². The highest BCUT2D eigenvalue weighted by Gasteiger charge is 2.36. The topological polar surface area (TPSA) is 55.5 Å². The lowest BCUT2D eigenvalue weighted by molar-refractivity contribution is -0.137. The Kier molecular flexibility index (Phi) is 3.25. The van der Waals surface area contributed by atoms with Crippen molar-refractivity contribution >= 4 is 5.69 Å². The molecule has 0 atom stereocenters. The zero-order chi connectivity index (χ0) is 13.4. The van der Waals surface area contributed by atoms with Gasteiger partial charge in [-0.3, -0.25) is 0 Å². The maximum Gasteiger partial charge on any atom is 0.416 e. The molecule has 1 saturated heterocycles. The fourth-order valence-corrected chi connectivity index (χ4v) is 2.14. The zero-order valence-corrected chi connectivity index (χ0v) is 9.63. The van der Waals surface area contributed by atoms with Gasteiger partial charge in [0.25, 0.3) is 0 Å². The lowest BCUT2D eigenvalue weighted by Crippen LogP contribution is -2.34. The Morgan fingerprint density at radius 2 is 1.83 bits per heavy atom. The number of nitrogens with two attached hydrogens (primary N) is 1. The molecule has 0 unspecified atom stereocenters. The smallest absolute Gasteiger partial charge is 0.398 e. The van der Waals surface area contributed by atoms with E-state index in [0.29, 0.717) is 31.6 Å². The van der Waals surface area contributed by atoms with Crippen molar-refractivity contribution < 1.29 is 23.0 Å². The SMILES string of the molecule is Nc1cc(C(F)(F)F)ccc1C1(O)CCOCC1. The molecule has 18 heavy (non-hydrogen) atoms. The number of hydrogen-bond donors (Lipinski definition) is 2. The molecule has 0 amide bonds. The second-order valence-corrected chi connectivity index (χ2v) is 4.44. The van der Waals surface area contributed by atoms with Gasteiger partial charge in [-0.2, -0.15) is 13.2 Å². The number of hydrogen-bond acceptors (Lipinski definition) is 3. The minimum absolute atomic E-state index is 0.0331. The summed E-state index contributed by atoms with van der Waals surface area (Å²) < 4.78 is 42.6. The first-order valence-corrected chi connectivity index (χ1v) is 5.60. The third-order valence-corrected chi connectivity index (χ3v) is 3.20. The van der Waals surface area contributed by atoms with E-state index in [1.807, 2.05) is 0 Å². The van der Waals surface area contributed by atoms with Gasteiger partial charge in [0.05, 0.1) is 11.2 Å². The first-order chi connectivity index (χ1) is 8.33. The molecule has 1 aliphatic rings. The van der Waals surface area contributed by atoms with E-state index in [0.717, 1.165) is 12.1 Å². The molecule has 3 nitrogen and oxygen atoms in total. The normalized spacial score (nSPS) is 19.8. The minimum Gasteiger partial charge on any atom is -0.398 e. The quantitative estimate of drug-likeness (QED) is 0.762. The Bertz CT molecular complexity index is 439. The van der Waals surface area contributed by atoms with Crippen LogP contribution in [0.25, 0.3) is 0 Å². The van der Waals surface area contributed by atoms with Crippen LogP contribution in [-0.4, -0.2) is 18.3 Å². The van der Waals surface area contributed by atoms with Crippen LogP contribution in [0.3, 0.4) is 0 Å². The average molecular weight is 261 g/mol. The largest absolute Gasteiger partial charge is 0.416 e. The predicted octanol–water partition coefficient (Wildman–Crippen LogP) is 2.29. The number of aliphatic hydroxyl groups is 1. The number of benzene rings is 1. The lowest BCUT2D eigenvalue weighted by atomic mass is 9.85. The van der Waals surface area contributed by atoms with Crippen molar-refractivity contribution in [3.63, 3.8) is 0 Å². The number of anilines is 1. The van der Waals surface area contributed by atoms with Gasteiger partial charge >= 0.3 is 6.18 Å². The van der Waals surface area contributed by atoms with E-state index in [1.54, 1.807) is 0 Å². The highest BCUT2D eigenvalue weighted by atomic mass is 19.4. The summed E-state index contributed by atoms with van der Waals surface area (Å²) in [6.07, 6.45) is -3.75. The molecule has 1 aliphatic heterocycles. The monoisotopic (exact) mass is 261 g/mol. The fourth-order valence-electron chi connectivity index (χ4n) is 2.14. The molecule has 0 radical (unpaired) electrons. The van der Waals surface area contributed by atoms with E-state index in [-0.39, 0.29) is 5.69 Å². The summed E-state index contributed by atoms with van der Waals surface area (Å²) in [5.41, 5.74) is 3.95. The lowest BCUT2D eigenvalue weighted by Gasteiger charge is -2.33. The van der Waals surface area contributed by atoms with E-state index in [2.05, 4.69) is 0 Å². The average Bonchev–Trinajstić information content (AvgIpc) is 2.28. The maximum atomic E-state index is 12.5. The molecule has 1 heterocycles. The summed E-state index contributed by atoms with van der Waals surface area (Å²) in [7, 11) is 0. The fraction of sp³-hybridized carbons (Fsp3) is 0.500. The number of alkyl halides is 3. The Hall–Kier alpha value is -1.27. The van der Waals surface area contributed by atoms with Crippen LogP contribution >= 0.6 is 0 Å². The molecule has 1 fully saturated rings. The van der Waals surface area contributed by atoms with E-state index in [9.17, 15) is 18.3 Å². The molecule has 6 heteroatoms. The van der Waals surface area contributed by atoms with Crippen molar-refractivity contribution in [3.8, 4) is 0 Å². The van der Waals surface area contributed by atoms with Gasteiger partial charge in [0.1, 0.15) is 0 Å². The van der Waals surface area contributed by atoms with Gasteiger partial charge in [0.15, 0.2) is 0 Å². The Labute approximate surface area is 102 Å². The van der Waals surface area contributed by atoms with E-state index in [1.165, 1.54) is 6.07 Å². The number of nitrogen functional groups attached to an aromatic ring is 1. The molecular formula is C12H14F3NO2. The Morgan fingerprint density at radius 1 is 1.22 bits per heavy atom. The van der Waals surface area contributed by atoms with Crippen LogP contribution in [0.5, 0.6) is 0 Å². The molecule has 1 aromatic rings. The van der Waals surface area contributed by atoms with Crippen molar-refractivity contribution in [2.75, 3.05) is 18.9 Å². The van der Waals surface area contributed by atoms with Crippen LogP contribution in [0.15, 0.2) is 18.2 Å². The van der Waals surface area contributed by atoms with Crippen LogP contribution < -0.4 is 5.73 Å². The van der Waals surface area contributed by atoms with Crippen LogP contribution in [0, 0.1) is 0 Å². The van der Waals surface area contributed by atoms with Crippen molar-refractivity contribution in [2.45, 2.75) is 24.6 Å². The van der Waals surface area contributed by atoms with E-state index >= 15 is 0 Å². The van der Waals surface area contributed by atoms with Crippen LogP contribution in [0.4, 0.5) is 18.9 Å². The highest BCUT2D eigenvalue weighted by Crippen LogP contribution is 2.38. The minimum atomic E-state index is -4.43. The molecule has 100 valence electrons. The van der Waals surface area contributed by atoms with Gasteiger partial charge in [-0.1, -0.05) is 6.07 Å². The first kappa shape index (κ1) is 13.2. The molecule has 0 bridgehead atoms. The molecule has 1 aromatic carbocycles. The maximum absolute atomic E-state index is 12.5. The van der Waals surface area contributed by atoms with Crippen LogP contribution in [-0.2, 0) is 16.5 Å². The van der Waals surface area contributed by atoms with E-state index in [4.69, 9.17) is 10.5 Å². The van der Waals surface area contributed by atoms with Crippen molar-refractivity contribution in [1.29, 1.82) is 0 Å². The molecule has 2 rings (SSSR count). The third-order valence-electron chi connectivity index (χ3n) is 3.20. The van der Waals surface area contributed by atoms with Crippen LogP contribution in [0.2, 0.25) is 0 Å². The first-order valence-electron chi connectivity index (χ1n) is 5.60. The number of rotatable bonds is 1. The molecule has 0 aliphatic carbocycles. The van der Waals surface area contributed by atoms with E-state index < -0.39 is 17.3 Å². The summed E-state index contributed by atoms with van der Waals surface area (Å²) in [6.45, 7) is 0.744. The Balaban J connectivity index is 2.35. The number of ether oxygens (including phenoxy) is 1. The predicted molar refractivity (Wildman–Crippen MR) is 59.8 cm³/mol. The molecular weight excluding hydrogens is 247 g/mol. The summed E-state index contributed by atoms with van der Waals surface area (Å²) in [4.78, 5) is 0. The van der Waals surface area contributed by atoms with Gasteiger partial charge in [0, 0.05) is 37.3 Å². The number of halogens is 3. The summed E-state index contributed by atoms with van der Waals surface area (Å²) in [6, 6.07) is 3.06. The summed E-state index contributed by atoms with van der Waals surface area (Å²) in [5.74, 6) is 0. The molecule has 3 N–H and O–H groups in total. The molecule has 0 saturated carbocycles. The standard InChI is InChI=1S/C12H14F3NO2/c13-12(14,15)8-1-2-9(10(16)7-8)11(17)3-5-18-6-4-11/h1-2,7,17H,3-6,16H2. The van der Waals surface area contributed by atoms with Crippen molar-refractivity contribution in [1.82, 2.24) is 0 Å². The summed E-state index contributed by atoms with van der Waals surface area (Å²) >= 11 is 0. The third kappa shape index (κ3) is 2.44. The zero-order valence-electron chi connectivity index (χ0n) is 9.63.